The van der Waals surface area contributed by atoms with Crippen molar-refractivity contribution in [1.29, 1.82) is 0 Å². The molecule has 0 bridgehead atoms. The Bertz CT molecular complexity index is 672. The molecule has 1 rings (SSSR count). The number of carbonyl (C=O) groups is 1. The van der Waals surface area contributed by atoms with E-state index in [1.165, 1.54) is 6.08 Å². The summed E-state index contributed by atoms with van der Waals surface area (Å²) in [5, 5.41) is 9.46. The van der Waals surface area contributed by atoms with Crippen molar-refractivity contribution >= 4 is 20.4 Å². The summed E-state index contributed by atoms with van der Waals surface area (Å²) >= 11 is 0. The smallest absolute Gasteiger partial charge is 0.371 e. The molecule has 27 heavy (non-hydrogen) atoms. The summed E-state index contributed by atoms with van der Waals surface area (Å²) in [7, 11) is -1.91. The van der Waals surface area contributed by atoms with Crippen LogP contribution < -0.4 is 4.74 Å². The second-order valence-corrected chi connectivity index (χ2v) is 13.1. The molecule has 0 amide bonds. The molecule has 0 spiro atoms. The molecule has 0 aliphatic heterocycles. The Balaban J connectivity index is 3.18. The Morgan fingerprint density at radius 3 is 2.37 bits per heavy atom. The van der Waals surface area contributed by atoms with Crippen LogP contribution >= 0.6 is 0 Å². The van der Waals surface area contributed by atoms with Crippen molar-refractivity contribution in [2.75, 3.05) is 6.61 Å². The fourth-order valence-corrected chi connectivity index (χ4v) is 3.07. The highest BCUT2D eigenvalue weighted by Crippen LogP contribution is 2.37. The van der Waals surface area contributed by atoms with Crippen LogP contribution in [0.3, 0.4) is 0 Å². The lowest BCUT2D eigenvalue weighted by Crippen LogP contribution is -2.40. The molecule has 5 nitrogen and oxygen atoms in total. The van der Waals surface area contributed by atoms with Crippen LogP contribution in [0.15, 0.2) is 24.0 Å². The third-order valence-corrected chi connectivity index (χ3v) is 9.13. The molecule has 0 saturated heterocycles. The zero-order valence-electron chi connectivity index (χ0n) is 17.9. The molecular weight excluding hydrogens is 360 g/mol. The summed E-state index contributed by atoms with van der Waals surface area (Å²) in [6.45, 7) is 17.5. The second kappa shape index (κ2) is 9.42. The first-order valence-corrected chi connectivity index (χ1v) is 12.3. The van der Waals surface area contributed by atoms with Gasteiger partial charge in [0.2, 0.25) is 5.76 Å². The molecule has 1 N–H and O–H groups in total. The Morgan fingerprint density at radius 2 is 1.89 bits per heavy atom. The number of benzene rings is 1. The first-order valence-electron chi connectivity index (χ1n) is 9.38. The van der Waals surface area contributed by atoms with E-state index < -0.39 is 14.3 Å². The Labute approximate surface area is 164 Å². The van der Waals surface area contributed by atoms with Gasteiger partial charge in [-0.1, -0.05) is 26.8 Å². The van der Waals surface area contributed by atoms with Crippen molar-refractivity contribution in [3.05, 3.63) is 35.1 Å². The fraction of sp³-hybridized carbons (Fsp3) is 0.571. The summed E-state index contributed by atoms with van der Waals surface area (Å²) in [5.41, 5.74) is 1.65. The third kappa shape index (κ3) is 7.03. The van der Waals surface area contributed by atoms with Gasteiger partial charge >= 0.3 is 5.97 Å². The highest BCUT2D eigenvalue weighted by Gasteiger charge is 2.37. The van der Waals surface area contributed by atoms with E-state index in [9.17, 15) is 9.90 Å². The summed E-state index contributed by atoms with van der Waals surface area (Å²) < 4.78 is 17.5. The quantitative estimate of drug-likeness (QED) is 0.342. The number of aliphatic carboxylic acids is 1. The van der Waals surface area contributed by atoms with Crippen LogP contribution in [-0.2, 0) is 20.6 Å². The van der Waals surface area contributed by atoms with E-state index in [0.29, 0.717) is 13.2 Å². The minimum absolute atomic E-state index is 0.0783. The molecule has 152 valence electrons. The van der Waals surface area contributed by atoms with Crippen LogP contribution in [0.2, 0.25) is 18.1 Å². The van der Waals surface area contributed by atoms with E-state index >= 15 is 0 Å². The number of rotatable bonds is 9. The molecule has 0 aliphatic carbocycles. The van der Waals surface area contributed by atoms with Crippen LogP contribution in [0.5, 0.6) is 5.75 Å². The van der Waals surface area contributed by atoms with Crippen molar-refractivity contribution in [1.82, 2.24) is 0 Å². The highest BCUT2D eigenvalue weighted by molar-refractivity contribution is 6.74. The largest absolute Gasteiger partial charge is 0.494 e. The van der Waals surface area contributed by atoms with Crippen molar-refractivity contribution in [2.24, 2.45) is 0 Å². The number of hydrogen-bond acceptors (Lipinski definition) is 4. The molecule has 1 aromatic rings. The minimum Gasteiger partial charge on any atom is -0.494 e. The molecule has 0 heterocycles. The van der Waals surface area contributed by atoms with Crippen LogP contribution in [0, 0.1) is 0 Å². The van der Waals surface area contributed by atoms with Crippen molar-refractivity contribution in [2.45, 2.75) is 72.4 Å². The van der Waals surface area contributed by atoms with Crippen LogP contribution in [0.1, 0.15) is 52.7 Å². The molecule has 0 aliphatic rings. The van der Waals surface area contributed by atoms with Gasteiger partial charge in [0.1, 0.15) is 5.75 Å². The van der Waals surface area contributed by atoms with Crippen molar-refractivity contribution in [3.63, 3.8) is 0 Å². The van der Waals surface area contributed by atoms with Gasteiger partial charge in [0.15, 0.2) is 8.32 Å². The number of carboxylic acids is 1. The first-order chi connectivity index (χ1) is 12.4. The first kappa shape index (κ1) is 23.2. The minimum atomic E-state index is -1.91. The maximum absolute atomic E-state index is 11.4. The van der Waals surface area contributed by atoms with Gasteiger partial charge in [0, 0.05) is 5.56 Å². The fourth-order valence-electron chi connectivity index (χ4n) is 2.12. The SMILES string of the molecule is CCOc1ccc(C=C(OC(C)C)C(=O)O)cc1CO[Si](C)(C)C(C)(C)C. The monoisotopic (exact) mass is 394 g/mol. The molecule has 0 unspecified atom stereocenters. The summed E-state index contributed by atoms with van der Waals surface area (Å²) in [4.78, 5) is 11.4. The average molecular weight is 395 g/mol. The predicted molar refractivity (Wildman–Crippen MR) is 111 cm³/mol. The summed E-state index contributed by atoms with van der Waals surface area (Å²) in [5.74, 6) is -0.405. The van der Waals surface area contributed by atoms with Gasteiger partial charge in [-0.25, -0.2) is 4.79 Å². The molecule has 0 saturated carbocycles. The third-order valence-electron chi connectivity index (χ3n) is 4.65. The van der Waals surface area contributed by atoms with Crippen molar-refractivity contribution < 1.29 is 23.8 Å². The molecule has 6 heteroatoms. The van der Waals surface area contributed by atoms with E-state index in [4.69, 9.17) is 13.9 Å². The Morgan fingerprint density at radius 1 is 1.26 bits per heavy atom. The average Bonchev–Trinajstić information content (AvgIpc) is 2.52. The summed E-state index contributed by atoms with van der Waals surface area (Å²) in [6, 6.07) is 5.59. The Hall–Kier alpha value is -1.79. The van der Waals surface area contributed by atoms with E-state index in [0.717, 1.165) is 16.9 Å². The standard InChI is InChI=1S/C21H34O5Si/c1-9-24-18-11-10-16(13-19(20(22)23)26-15(2)3)12-17(18)14-25-27(7,8)21(4,5)6/h10-13,15H,9,14H2,1-8H3,(H,22,23). The number of carboxylic acid groups (broad SMARTS) is 1. The number of ether oxygens (including phenoxy) is 2. The van der Waals surface area contributed by atoms with Gasteiger partial charge in [-0.3, -0.25) is 0 Å². The lowest BCUT2D eigenvalue weighted by Gasteiger charge is -2.36. The second-order valence-electron chi connectivity index (χ2n) is 8.33. The van der Waals surface area contributed by atoms with E-state index in [1.54, 1.807) is 13.8 Å². The molecular formula is C21H34O5Si. The molecule has 1 aromatic carbocycles. The van der Waals surface area contributed by atoms with E-state index in [1.807, 2.05) is 25.1 Å². The van der Waals surface area contributed by atoms with Gasteiger partial charge < -0.3 is 19.0 Å². The summed E-state index contributed by atoms with van der Waals surface area (Å²) in [6.07, 6.45) is 1.32. The normalized spacial score (nSPS) is 13.0. The van der Waals surface area contributed by atoms with Crippen LogP contribution in [-0.4, -0.2) is 32.1 Å². The van der Waals surface area contributed by atoms with Gasteiger partial charge in [-0.05, 0) is 62.7 Å². The topological polar surface area (TPSA) is 65.0 Å². The molecule has 0 fully saturated rings. The molecule has 0 atom stereocenters. The zero-order chi connectivity index (χ0) is 20.8. The van der Waals surface area contributed by atoms with Gasteiger partial charge in [-0.15, -0.1) is 0 Å². The number of hydrogen-bond donors (Lipinski definition) is 1. The lowest BCUT2D eigenvalue weighted by molar-refractivity contribution is -0.137. The Kier molecular flexibility index (Phi) is 8.11. The van der Waals surface area contributed by atoms with E-state index in [2.05, 4.69) is 33.9 Å². The van der Waals surface area contributed by atoms with Crippen LogP contribution in [0.25, 0.3) is 6.08 Å². The van der Waals surface area contributed by atoms with Crippen molar-refractivity contribution in [3.8, 4) is 5.75 Å². The maximum Gasteiger partial charge on any atom is 0.371 e. The predicted octanol–water partition coefficient (Wildman–Crippen LogP) is 5.46. The zero-order valence-corrected chi connectivity index (χ0v) is 18.9. The molecule has 0 radical (unpaired) electrons. The van der Waals surface area contributed by atoms with Gasteiger partial charge in [0.25, 0.3) is 0 Å². The van der Waals surface area contributed by atoms with E-state index in [-0.39, 0.29) is 16.9 Å². The van der Waals surface area contributed by atoms with Gasteiger partial charge in [0.05, 0.1) is 19.3 Å². The van der Waals surface area contributed by atoms with Gasteiger partial charge in [-0.2, -0.15) is 0 Å². The molecule has 0 aromatic heterocycles. The van der Waals surface area contributed by atoms with Crippen LogP contribution in [0.4, 0.5) is 0 Å². The maximum atomic E-state index is 11.4. The highest BCUT2D eigenvalue weighted by atomic mass is 28.4. The lowest BCUT2D eigenvalue weighted by atomic mass is 10.1.